The van der Waals surface area contributed by atoms with Gasteiger partial charge in [0.1, 0.15) is 12.4 Å². The maximum absolute atomic E-state index is 6.26. The number of nitrogens with zero attached hydrogens (tertiary/aromatic N) is 4. The lowest BCUT2D eigenvalue weighted by Gasteiger charge is -2.34. The fourth-order valence-corrected chi connectivity index (χ4v) is 7.06. The number of hydrogen-bond acceptors (Lipinski definition) is 7. The van der Waals surface area contributed by atoms with Gasteiger partial charge in [0.2, 0.25) is 0 Å². The Morgan fingerprint density at radius 1 is 1.03 bits per heavy atom. The summed E-state index contributed by atoms with van der Waals surface area (Å²) in [5.74, 6) is 1.02. The number of nitrogens with one attached hydrogen (secondary N) is 1. The van der Waals surface area contributed by atoms with Crippen LogP contribution >= 0.6 is 11.3 Å². The van der Waals surface area contributed by atoms with Gasteiger partial charge in [-0.1, -0.05) is 24.3 Å². The minimum atomic E-state index is 0.442. The Morgan fingerprint density at radius 3 is 2.69 bits per heavy atom. The SMILES string of the molecule is CN1CCC[C@H]1COc1nc(N2C[C@H]3CC[C@@H](C2)N3)c2ccc(-c3cc4ccccc4s3)cc2n1. The molecule has 35 heavy (non-hydrogen) atoms. The number of rotatable bonds is 5. The van der Waals surface area contributed by atoms with Crippen molar-refractivity contribution in [1.29, 1.82) is 0 Å². The van der Waals surface area contributed by atoms with Crippen LogP contribution in [0.1, 0.15) is 25.7 Å². The Kier molecular flexibility index (Phi) is 5.37. The Bertz CT molecular complexity index is 1340. The maximum Gasteiger partial charge on any atom is 0.319 e. The van der Waals surface area contributed by atoms with Crippen LogP contribution in [0.5, 0.6) is 6.01 Å². The van der Waals surface area contributed by atoms with E-state index in [-0.39, 0.29) is 0 Å². The van der Waals surface area contributed by atoms with Crippen LogP contribution < -0.4 is 15.0 Å². The van der Waals surface area contributed by atoms with Gasteiger partial charge in [-0.15, -0.1) is 11.3 Å². The van der Waals surface area contributed by atoms with E-state index in [1.807, 2.05) is 11.3 Å². The van der Waals surface area contributed by atoms with Crippen LogP contribution in [0.2, 0.25) is 0 Å². The predicted octanol–water partition coefficient (Wildman–Crippen LogP) is 4.93. The molecule has 4 aromatic rings. The first-order valence-corrected chi connectivity index (χ1v) is 13.7. The van der Waals surface area contributed by atoms with Crippen LogP contribution in [0, 0.1) is 0 Å². The summed E-state index contributed by atoms with van der Waals surface area (Å²) in [5, 5.41) is 6.14. The number of hydrogen-bond donors (Lipinski definition) is 1. The van der Waals surface area contributed by atoms with Gasteiger partial charge >= 0.3 is 6.01 Å². The summed E-state index contributed by atoms with van der Waals surface area (Å²) in [4.78, 5) is 16.0. The van der Waals surface area contributed by atoms with Crippen molar-refractivity contribution in [3.05, 3.63) is 48.5 Å². The van der Waals surface area contributed by atoms with Crippen molar-refractivity contribution in [2.24, 2.45) is 0 Å². The molecule has 0 spiro atoms. The van der Waals surface area contributed by atoms with Crippen molar-refractivity contribution < 1.29 is 4.74 Å². The van der Waals surface area contributed by atoms with Crippen LogP contribution in [0.3, 0.4) is 0 Å². The van der Waals surface area contributed by atoms with E-state index in [0.717, 1.165) is 36.4 Å². The predicted molar refractivity (Wildman–Crippen MR) is 144 cm³/mol. The molecule has 1 N–H and O–H groups in total. The highest BCUT2D eigenvalue weighted by molar-refractivity contribution is 7.22. The van der Waals surface area contributed by atoms with Crippen molar-refractivity contribution in [1.82, 2.24) is 20.2 Å². The molecule has 180 valence electrons. The van der Waals surface area contributed by atoms with Crippen LogP contribution in [0.25, 0.3) is 31.4 Å². The number of anilines is 1. The Labute approximate surface area is 209 Å². The van der Waals surface area contributed by atoms with Gasteiger partial charge in [0.25, 0.3) is 0 Å². The van der Waals surface area contributed by atoms with Crippen LogP contribution in [-0.4, -0.2) is 66.3 Å². The number of aromatic nitrogens is 2. The maximum atomic E-state index is 6.26. The number of piperazine rings is 1. The quantitative estimate of drug-likeness (QED) is 0.433. The van der Waals surface area contributed by atoms with Crippen molar-refractivity contribution in [2.75, 3.05) is 38.2 Å². The van der Waals surface area contributed by atoms with Gasteiger partial charge in [-0.05, 0) is 74.5 Å². The fourth-order valence-electron chi connectivity index (χ4n) is 6.01. The van der Waals surface area contributed by atoms with E-state index in [0.29, 0.717) is 30.7 Å². The third-order valence-electron chi connectivity index (χ3n) is 7.96. The van der Waals surface area contributed by atoms with Crippen molar-refractivity contribution in [3.63, 3.8) is 0 Å². The summed E-state index contributed by atoms with van der Waals surface area (Å²) >= 11 is 1.83. The molecule has 2 aromatic carbocycles. The van der Waals surface area contributed by atoms with E-state index in [1.54, 1.807) is 0 Å². The molecule has 3 atom stereocenters. The molecule has 0 radical (unpaired) electrons. The monoisotopic (exact) mass is 485 g/mol. The number of ether oxygens (including phenoxy) is 1. The van der Waals surface area contributed by atoms with Crippen LogP contribution in [-0.2, 0) is 0 Å². The molecule has 3 fully saturated rings. The molecule has 5 heterocycles. The summed E-state index contributed by atoms with van der Waals surface area (Å²) in [6.07, 6.45) is 4.90. The van der Waals surface area contributed by atoms with Gasteiger partial charge in [0.15, 0.2) is 0 Å². The second kappa shape index (κ2) is 8.73. The molecule has 2 bridgehead atoms. The average Bonchev–Trinajstić information content (AvgIpc) is 3.59. The minimum absolute atomic E-state index is 0.442. The number of thiophene rings is 1. The fraction of sp³-hybridized carbons (Fsp3) is 0.429. The molecule has 6 nitrogen and oxygen atoms in total. The van der Waals surface area contributed by atoms with Crippen molar-refractivity contribution in [2.45, 2.75) is 43.8 Å². The Balaban J connectivity index is 1.28. The van der Waals surface area contributed by atoms with Gasteiger partial charge in [-0.2, -0.15) is 9.97 Å². The first-order valence-electron chi connectivity index (χ1n) is 12.8. The number of fused-ring (bicyclic) bond motifs is 4. The molecule has 3 saturated heterocycles. The highest BCUT2D eigenvalue weighted by atomic mass is 32.1. The standard InChI is InChI=1S/C28H31N5OS/c1-32-12-4-6-22(32)17-34-28-30-24-13-19(26-14-18-5-2-3-7-25(18)35-26)8-11-23(24)27(31-28)33-15-20-9-10-21(16-33)29-20/h2-3,5,7-8,11,13-14,20-22,29H,4,6,9-10,12,15-17H2,1H3/t20-,21+,22-/m0/s1. The molecule has 0 aliphatic carbocycles. The van der Waals surface area contributed by atoms with Crippen molar-refractivity contribution >= 4 is 38.1 Å². The number of benzene rings is 2. The lowest BCUT2D eigenvalue weighted by Crippen LogP contribution is -2.51. The van der Waals surface area contributed by atoms with E-state index < -0.39 is 0 Å². The molecule has 3 aliphatic heterocycles. The Morgan fingerprint density at radius 2 is 1.89 bits per heavy atom. The van der Waals surface area contributed by atoms with E-state index in [2.05, 4.69) is 70.7 Å². The zero-order valence-corrected chi connectivity index (χ0v) is 20.9. The molecular weight excluding hydrogens is 454 g/mol. The van der Waals surface area contributed by atoms with Crippen molar-refractivity contribution in [3.8, 4) is 16.5 Å². The molecule has 3 aliphatic rings. The topological polar surface area (TPSA) is 53.5 Å². The molecule has 7 heteroatoms. The summed E-state index contributed by atoms with van der Waals surface area (Å²) in [7, 11) is 2.18. The smallest absolute Gasteiger partial charge is 0.319 e. The second-order valence-corrected chi connectivity index (χ2v) is 11.4. The summed E-state index contributed by atoms with van der Waals surface area (Å²) in [6.45, 7) is 3.77. The molecule has 2 aromatic heterocycles. The highest BCUT2D eigenvalue weighted by Crippen LogP contribution is 2.37. The van der Waals surface area contributed by atoms with Gasteiger partial charge in [0.05, 0.1) is 5.52 Å². The minimum Gasteiger partial charge on any atom is -0.462 e. The zero-order chi connectivity index (χ0) is 23.4. The highest BCUT2D eigenvalue weighted by Gasteiger charge is 2.33. The number of likely N-dealkylation sites (tertiary alicyclic amines) is 1. The van der Waals surface area contributed by atoms with Crippen LogP contribution in [0.4, 0.5) is 5.82 Å². The van der Waals surface area contributed by atoms with Crippen LogP contribution in [0.15, 0.2) is 48.5 Å². The van der Waals surface area contributed by atoms with Gasteiger partial charge in [-0.25, -0.2) is 0 Å². The molecule has 0 saturated carbocycles. The largest absolute Gasteiger partial charge is 0.462 e. The summed E-state index contributed by atoms with van der Waals surface area (Å²) in [5.41, 5.74) is 2.16. The molecule has 7 rings (SSSR count). The first kappa shape index (κ1) is 21.5. The lowest BCUT2D eigenvalue weighted by atomic mass is 10.1. The van der Waals surface area contributed by atoms with Gasteiger partial charge in [-0.3, -0.25) is 0 Å². The number of likely N-dealkylation sites (N-methyl/N-ethyl adjacent to an activating group) is 1. The summed E-state index contributed by atoms with van der Waals surface area (Å²) < 4.78 is 7.57. The Hall–Kier alpha value is -2.74. The average molecular weight is 486 g/mol. The van der Waals surface area contributed by atoms with E-state index in [4.69, 9.17) is 14.7 Å². The zero-order valence-electron chi connectivity index (χ0n) is 20.1. The van der Waals surface area contributed by atoms with E-state index >= 15 is 0 Å². The molecular formula is C28H31N5OS. The van der Waals surface area contributed by atoms with Gasteiger partial charge < -0.3 is 19.9 Å². The third kappa shape index (κ3) is 4.05. The molecule has 0 unspecified atom stereocenters. The first-order chi connectivity index (χ1) is 17.2. The van der Waals surface area contributed by atoms with E-state index in [9.17, 15) is 0 Å². The lowest BCUT2D eigenvalue weighted by molar-refractivity contribution is 0.188. The summed E-state index contributed by atoms with van der Waals surface area (Å²) in [6, 6.07) is 19.6. The third-order valence-corrected chi connectivity index (χ3v) is 9.12. The van der Waals surface area contributed by atoms with E-state index in [1.165, 1.54) is 46.2 Å². The normalized spacial score (nSPS) is 24.6. The second-order valence-electron chi connectivity index (χ2n) is 10.3. The molecule has 0 amide bonds. The van der Waals surface area contributed by atoms with Gasteiger partial charge in [0, 0.05) is 46.2 Å².